The molecule has 1 aromatic carbocycles. The normalized spacial score (nSPS) is 10.1. The first-order valence-electron chi connectivity index (χ1n) is 4.02. The van der Waals surface area contributed by atoms with Crippen LogP contribution in [0.3, 0.4) is 0 Å². The van der Waals surface area contributed by atoms with Gasteiger partial charge in [0.25, 0.3) is 0 Å². The molecule has 70 valence electrons. The number of hydrogen-bond donors (Lipinski definition) is 1. The van der Waals surface area contributed by atoms with E-state index in [9.17, 15) is 4.79 Å². The fraction of sp³-hybridized carbons (Fsp3) is 0.300. The standard InChI is InChI=1S/C10H12BrNO/c1-6-3-8(12)4-9(7(6)2)10(13)5-11/h3-4H,5,12H2,1-2H3. The zero-order valence-electron chi connectivity index (χ0n) is 7.73. The molecule has 0 unspecified atom stereocenters. The quantitative estimate of drug-likeness (QED) is 0.491. The number of benzene rings is 1. The van der Waals surface area contributed by atoms with Crippen LogP contribution in [-0.2, 0) is 0 Å². The van der Waals surface area contributed by atoms with Crippen LogP contribution in [0.15, 0.2) is 12.1 Å². The molecular weight excluding hydrogens is 230 g/mol. The van der Waals surface area contributed by atoms with Gasteiger partial charge >= 0.3 is 0 Å². The second-order valence-electron chi connectivity index (χ2n) is 3.07. The van der Waals surface area contributed by atoms with Gasteiger partial charge in [-0.15, -0.1) is 0 Å². The van der Waals surface area contributed by atoms with E-state index >= 15 is 0 Å². The predicted octanol–water partition coefficient (Wildman–Crippen LogP) is 2.46. The molecule has 3 heteroatoms. The molecule has 0 aliphatic heterocycles. The number of Topliss-reactive ketones (excluding diaryl/α,β-unsaturated/α-hetero) is 1. The highest BCUT2D eigenvalue weighted by Crippen LogP contribution is 2.18. The minimum absolute atomic E-state index is 0.0768. The van der Waals surface area contributed by atoms with Crippen LogP contribution < -0.4 is 5.73 Å². The minimum atomic E-state index is 0.0768. The van der Waals surface area contributed by atoms with Crippen LogP contribution in [-0.4, -0.2) is 11.1 Å². The summed E-state index contributed by atoms with van der Waals surface area (Å²) in [6.07, 6.45) is 0. The van der Waals surface area contributed by atoms with Gasteiger partial charge in [-0.3, -0.25) is 4.79 Å². The van der Waals surface area contributed by atoms with E-state index in [0.29, 0.717) is 11.0 Å². The Labute approximate surface area is 86.3 Å². The predicted molar refractivity (Wildman–Crippen MR) is 58.5 cm³/mol. The summed E-state index contributed by atoms with van der Waals surface area (Å²) in [6, 6.07) is 3.60. The van der Waals surface area contributed by atoms with Gasteiger partial charge in [0.2, 0.25) is 0 Å². The number of carbonyl (C=O) groups is 1. The van der Waals surface area contributed by atoms with E-state index in [1.807, 2.05) is 19.9 Å². The van der Waals surface area contributed by atoms with Crippen molar-refractivity contribution in [2.45, 2.75) is 13.8 Å². The van der Waals surface area contributed by atoms with Crippen LogP contribution >= 0.6 is 15.9 Å². The largest absolute Gasteiger partial charge is 0.399 e. The zero-order chi connectivity index (χ0) is 10.0. The molecule has 2 N–H and O–H groups in total. The lowest BCUT2D eigenvalue weighted by molar-refractivity contribution is 0.102. The lowest BCUT2D eigenvalue weighted by Crippen LogP contribution is -2.05. The fourth-order valence-corrected chi connectivity index (χ4v) is 1.55. The summed E-state index contributed by atoms with van der Waals surface area (Å²) in [7, 11) is 0. The molecule has 0 aliphatic carbocycles. The molecule has 1 aromatic rings. The average Bonchev–Trinajstić information content (AvgIpc) is 2.10. The highest BCUT2D eigenvalue weighted by atomic mass is 79.9. The lowest BCUT2D eigenvalue weighted by atomic mass is 10.00. The number of nitrogen functional groups attached to an aromatic ring is 1. The number of rotatable bonds is 2. The maximum Gasteiger partial charge on any atom is 0.173 e. The van der Waals surface area contributed by atoms with Crippen molar-refractivity contribution >= 4 is 27.4 Å². The monoisotopic (exact) mass is 241 g/mol. The molecular formula is C10H12BrNO. The molecule has 0 atom stereocenters. The summed E-state index contributed by atoms with van der Waals surface area (Å²) in [5, 5.41) is 0.344. The van der Waals surface area contributed by atoms with Crippen molar-refractivity contribution in [1.29, 1.82) is 0 Å². The van der Waals surface area contributed by atoms with E-state index in [-0.39, 0.29) is 5.78 Å². The second kappa shape index (κ2) is 3.92. The Morgan fingerprint density at radius 3 is 2.62 bits per heavy atom. The van der Waals surface area contributed by atoms with E-state index < -0.39 is 0 Å². The molecule has 0 bridgehead atoms. The van der Waals surface area contributed by atoms with Crippen molar-refractivity contribution in [3.63, 3.8) is 0 Å². The van der Waals surface area contributed by atoms with Crippen molar-refractivity contribution in [3.8, 4) is 0 Å². The summed E-state index contributed by atoms with van der Waals surface area (Å²) < 4.78 is 0. The van der Waals surface area contributed by atoms with Gasteiger partial charge in [0.15, 0.2) is 5.78 Å². The second-order valence-corrected chi connectivity index (χ2v) is 3.63. The molecule has 13 heavy (non-hydrogen) atoms. The SMILES string of the molecule is Cc1cc(N)cc(C(=O)CBr)c1C. The third-order valence-electron chi connectivity index (χ3n) is 2.11. The Balaban J connectivity index is 3.28. The van der Waals surface area contributed by atoms with E-state index in [2.05, 4.69) is 15.9 Å². The molecule has 0 radical (unpaired) electrons. The van der Waals surface area contributed by atoms with Crippen molar-refractivity contribution in [1.82, 2.24) is 0 Å². The number of alkyl halides is 1. The summed E-state index contributed by atoms with van der Waals surface area (Å²) in [5.74, 6) is 0.0768. The Morgan fingerprint density at radius 1 is 1.46 bits per heavy atom. The molecule has 0 aliphatic rings. The van der Waals surface area contributed by atoms with Gasteiger partial charge in [-0.25, -0.2) is 0 Å². The summed E-state index contributed by atoms with van der Waals surface area (Å²) >= 11 is 3.14. The zero-order valence-corrected chi connectivity index (χ0v) is 9.31. The van der Waals surface area contributed by atoms with Crippen LogP contribution in [0.2, 0.25) is 0 Å². The summed E-state index contributed by atoms with van der Waals surface area (Å²) in [6.45, 7) is 3.89. The van der Waals surface area contributed by atoms with Gasteiger partial charge in [0.05, 0.1) is 5.33 Å². The Morgan fingerprint density at radius 2 is 2.08 bits per heavy atom. The number of halogens is 1. The smallest absolute Gasteiger partial charge is 0.173 e. The van der Waals surface area contributed by atoms with Crippen molar-refractivity contribution in [2.75, 3.05) is 11.1 Å². The molecule has 1 rings (SSSR count). The van der Waals surface area contributed by atoms with Crippen LogP contribution in [0.1, 0.15) is 21.5 Å². The average molecular weight is 242 g/mol. The first kappa shape index (κ1) is 10.3. The molecule has 0 spiro atoms. The molecule has 0 aromatic heterocycles. The van der Waals surface area contributed by atoms with Crippen LogP contribution in [0.25, 0.3) is 0 Å². The Bertz CT molecular complexity index is 347. The molecule has 0 fully saturated rings. The van der Waals surface area contributed by atoms with E-state index in [1.54, 1.807) is 6.07 Å². The van der Waals surface area contributed by atoms with E-state index in [1.165, 1.54) is 0 Å². The number of anilines is 1. The topological polar surface area (TPSA) is 43.1 Å². The van der Waals surface area contributed by atoms with Gasteiger partial charge in [-0.1, -0.05) is 15.9 Å². The molecule has 2 nitrogen and oxygen atoms in total. The van der Waals surface area contributed by atoms with Crippen LogP contribution in [0.4, 0.5) is 5.69 Å². The van der Waals surface area contributed by atoms with Crippen LogP contribution in [0, 0.1) is 13.8 Å². The van der Waals surface area contributed by atoms with Gasteiger partial charge in [0, 0.05) is 11.3 Å². The van der Waals surface area contributed by atoms with Crippen molar-refractivity contribution < 1.29 is 4.79 Å². The first-order valence-corrected chi connectivity index (χ1v) is 5.14. The Kier molecular flexibility index (Phi) is 3.09. The maximum atomic E-state index is 11.4. The number of aryl methyl sites for hydroxylation is 1. The minimum Gasteiger partial charge on any atom is -0.399 e. The van der Waals surface area contributed by atoms with Crippen LogP contribution in [0.5, 0.6) is 0 Å². The van der Waals surface area contributed by atoms with Crippen molar-refractivity contribution in [3.05, 3.63) is 28.8 Å². The number of nitrogens with two attached hydrogens (primary N) is 1. The van der Waals surface area contributed by atoms with Crippen molar-refractivity contribution in [2.24, 2.45) is 0 Å². The van der Waals surface area contributed by atoms with Gasteiger partial charge in [0.1, 0.15) is 0 Å². The number of ketones is 1. The third-order valence-corrected chi connectivity index (χ3v) is 2.62. The van der Waals surface area contributed by atoms with Gasteiger partial charge in [-0.05, 0) is 37.1 Å². The number of carbonyl (C=O) groups excluding carboxylic acids is 1. The highest BCUT2D eigenvalue weighted by Gasteiger charge is 2.09. The van der Waals surface area contributed by atoms with Gasteiger partial charge < -0.3 is 5.73 Å². The number of hydrogen-bond acceptors (Lipinski definition) is 2. The molecule has 0 amide bonds. The molecule has 0 saturated heterocycles. The first-order chi connectivity index (χ1) is 6.06. The third kappa shape index (κ3) is 2.10. The highest BCUT2D eigenvalue weighted by molar-refractivity contribution is 9.09. The van der Waals surface area contributed by atoms with Gasteiger partial charge in [-0.2, -0.15) is 0 Å². The van der Waals surface area contributed by atoms with E-state index in [4.69, 9.17) is 5.73 Å². The lowest BCUT2D eigenvalue weighted by Gasteiger charge is -2.07. The maximum absolute atomic E-state index is 11.4. The Hall–Kier alpha value is -0.830. The summed E-state index contributed by atoms with van der Waals surface area (Å²) in [5.41, 5.74) is 9.09. The molecule has 0 heterocycles. The summed E-state index contributed by atoms with van der Waals surface area (Å²) in [4.78, 5) is 11.4. The fourth-order valence-electron chi connectivity index (χ4n) is 1.25. The molecule has 0 saturated carbocycles. The van der Waals surface area contributed by atoms with E-state index in [0.717, 1.165) is 16.7 Å².